The number of phenolic OH excluding ortho intramolecular Hbond substituents is 1. The Morgan fingerprint density at radius 3 is 2.38 bits per heavy atom. The maximum Gasteiger partial charge on any atom is 0.128 e. The van der Waals surface area contributed by atoms with Gasteiger partial charge in [0.1, 0.15) is 17.1 Å². The fourth-order valence-electron chi connectivity index (χ4n) is 3.69. The molecule has 1 aliphatic heterocycles. The predicted octanol–water partition coefficient (Wildman–Crippen LogP) is 3.56. The molecular weight excluding hydrogens is 266 g/mol. The molecular formula is C17H25NO3. The highest BCUT2D eigenvalue weighted by Crippen LogP contribution is 2.54. The molecule has 1 aromatic rings. The van der Waals surface area contributed by atoms with E-state index in [0.29, 0.717) is 5.75 Å². The van der Waals surface area contributed by atoms with Gasteiger partial charge in [0.05, 0.1) is 13.2 Å². The van der Waals surface area contributed by atoms with Gasteiger partial charge < -0.3 is 14.7 Å². The molecule has 3 rings (SSSR count). The summed E-state index contributed by atoms with van der Waals surface area (Å²) in [4.78, 5) is 5.47. The van der Waals surface area contributed by atoms with Crippen LogP contribution in [0.15, 0.2) is 0 Å². The van der Waals surface area contributed by atoms with Crippen LogP contribution in [0.25, 0.3) is 0 Å². The molecule has 0 bridgehead atoms. The normalized spacial score (nSPS) is 22.9. The first-order chi connectivity index (χ1) is 9.90. The average Bonchev–Trinajstić information content (AvgIpc) is 2.47. The van der Waals surface area contributed by atoms with E-state index in [2.05, 4.69) is 0 Å². The SMILES string of the molecule is CON(C)C1CC2(CCC2)Oc2c(C)c(C)c(O)c(C)c21. The Labute approximate surface area is 126 Å². The van der Waals surface area contributed by atoms with Crippen LogP contribution >= 0.6 is 0 Å². The van der Waals surface area contributed by atoms with E-state index in [-0.39, 0.29) is 11.6 Å². The van der Waals surface area contributed by atoms with Crippen molar-refractivity contribution in [2.45, 2.75) is 58.1 Å². The quantitative estimate of drug-likeness (QED) is 0.846. The number of phenols is 1. The number of hydrogen-bond acceptors (Lipinski definition) is 4. The van der Waals surface area contributed by atoms with Crippen molar-refractivity contribution in [3.8, 4) is 11.5 Å². The molecule has 0 aromatic heterocycles. The first kappa shape index (κ1) is 14.7. The molecule has 0 saturated heterocycles. The molecule has 1 saturated carbocycles. The van der Waals surface area contributed by atoms with E-state index < -0.39 is 0 Å². The minimum Gasteiger partial charge on any atom is -0.507 e. The summed E-state index contributed by atoms with van der Waals surface area (Å²) < 4.78 is 6.43. The number of rotatable bonds is 2. The molecule has 1 spiro atoms. The molecule has 1 aliphatic carbocycles. The Morgan fingerprint density at radius 2 is 1.86 bits per heavy atom. The van der Waals surface area contributed by atoms with Gasteiger partial charge in [0.25, 0.3) is 0 Å². The predicted molar refractivity (Wildman–Crippen MR) is 81.7 cm³/mol. The van der Waals surface area contributed by atoms with E-state index in [0.717, 1.165) is 47.3 Å². The molecule has 0 amide bonds. The lowest BCUT2D eigenvalue weighted by atomic mass is 9.72. The first-order valence-electron chi connectivity index (χ1n) is 7.69. The Balaban J connectivity index is 2.19. The maximum absolute atomic E-state index is 10.4. The zero-order chi connectivity index (χ0) is 15.4. The molecule has 1 N–H and O–H groups in total. The lowest BCUT2D eigenvalue weighted by Gasteiger charge is -2.50. The van der Waals surface area contributed by atoms with Crippen molar-refractivity contribution in [1.82, 2.24) is 5.06 Å². The van der Waals surface area contributed by atoms with Crippen molar-refractivity contribution in [1.29, 1.82) is 0 Å². The Kier molecular flexibility index (Phi) is 3.41. The van der Waals surface area contributed by atoms with Crippen LogP contribution < -0.4 is 4.74 Å². The molecule has 2 aliphatic rings. The highest BCUT2D eigenvalue weighted by atomic mass is 16.7. The lowest BCUT2D eigenvalue weighted by molar-refractivity contribution is -0.171. The second-order valence-corrected chi connectivity index (χ2v) is 6.55. The molecule has 1 fully saturated rings. The lowest BCUT2D eigenvalue weighted by Crippen LogP contribution is -2.49. The Hall–Kier alpha value is -1.26. The average molecular weight is 291 g/mol. The molecule has 1 aromatic carbocycles. The number of fused-ring (bicyclic) bond motifs is 1. The van der Waals surface area contributed by atoms with Gasteiger partial charge >= 0.3 is 0 Å². The minimum absolute atomic E-state index is 0.0366. The van der Waals surface area contributed by atoms with E-state index in [1.165, 1.54) is 6.42 Å². The zero-order valence-electron chi connectivity index (χ0n) is 13.6. The topological polar surface area (TPSA) is 41.9 Å². The van der Waals surface area contributed by atoms with Gasteiger partial charge in [-0.3, -0.25) is 0 Å². The molecule has 4 nitrogen and oxygen atoms in total. The summed E-state index contributed by atoms with van der Waals surface area (Å²) in [7, 11) is 3.65. The number of aromatic hydroxyl groups is 1. The minimum atomic E-state index is -0.0366. The van der Waals surface area contributed by atoms with Gasteiger partial charge in [0, 0.05) is 19.0 Å². The van der Waals surface area contributed by atoms with Crippen LogP contribution in [-0.2, 0) is 4.84 Å². The summed E-state index contributed by atoms with van der Waals surface area (Å²) in [5, 5.41) is 12.3. The third kappa shape index (κ3) is 2.04. The number of hydrogen-bond donors (Lipinski definition) is 1. The van der Waals surface area contributed by atoms with E-state index >= 15 is 0 Å². The number of hydroxylamine groups is 2. The van der Waals surface area contributed by atoms with Gasteiger partial charge in [-0.2, -0.15) is 5.06 Å². The summed E-state index contributed by atoms with van der Waals surface area (Å²) in [5.41, 5.74) is 3.93. The van der Waals surface area contributed by atoms with Crippen LogP contribution in [0, 0.1) is 20.8 Å². The third-order valence-corrected chi connectivity index (χ3v) is 5.47. The fourth-order valence-corrected chi connectivity index (χ4v) is 3.69. The van der Waals surface area contributed by atoms with Gasteiger partial charge in [0.2, 0.25) is 0 Å². The van der Waals surface area contributed by atoms with Crippen molar-refractivity contribution in [2.75, 3.05) is 14.2 Å². The molecule has 1 unspecified atom stereocenters. The highest BCUT2D eigenvalue weighted by molar-refractivity contribution is 5.59. The van der Waals surface area contributed by atoms with Crippen LogP contribution in [0.4, 0.5) is 0 Å². The molecule has 1 heterocycles. The highest BCUT2D eigenvalue weighted by Gasteiger charge is 2.48. The van der Waals surface area contributed by atoms with Gasteiger partial charge in [0.15, 0.2) is 0 Å². The van der Waals surface area contributed by atoms with Crippen molar-refractivity contribution >= 4 is 0 Å². The Bertz CT molecular complexity index is 578. The summed E-state index contributed by atoms with van der Waals surface area (Å²) in [5.74, 6) is 1.34. The van der Waals surface area contributed by atoms with Crippen molar-refractivity contribution in [2.24, 2.45) is 0 Å². The van der Waals surface area contributed by atoms with Crippen LogP contribution in [0.2, 0.25) is 0 Å². The fraction of sp³-hybridized carbons (Fsp3) is 0.647. The number of ether oxygens (including phenoxy) is 1. The van der Waals surface area contributed by atoms with Crippen LogP contribution in [0.5, 0.6) is 11.5 Å². The van der Waals surface area contributed by atoms with Crippen LogP contribution in [0.1, 0.15) is 54.0 Å². The van der Waals surface area contributed by atoms with Gasteiger partial charge in [-0.15, -0.1) is 0 Å². The smallest absolute Gasteiger partial charge is 0.128 e. The number of benzene rings is 1. The molecule has 116 valence electrons. The molecule has 0 radical (unpaired) electrons. The Morgan fingerprint density at radius 1 is 1.19 bits per heavy atom. The second kappa shape index (κ2) is 4.89. The second-order valence-electron chi connectivity index (χ2n) is 6.55. The van der Waals surface area contributed by atoms with Gasteiger partial charge in [-0.05, 0) is 56.7 Å². The largest absolute Gasteiger partial charge is 0.507 e. The third-order valence-electron chi connectivity index (χ3n) is 5.47. The molecule has 1 atom stereocenters. The van der Waals surface area contributed by atoms with E-state index in [9.17, 15) is 5.11 Å². The van der Waals surface area contributed by atoms with Gasteiger partial charge in [-0.1, -0.05) is 0 Å². The van der Waals surface area contributed by atoms with E-state index in [1.807, 2.05) is 32.9 Å². The number of nitrogens with zero attached hydrogens (tertiary/aromatic N) is 1. The van der Waals surface area contributed by atoms with Crippen molar-refractivity contribution < 1.29 is 14.7 Å². The molecule has 4 heteroatoms. The summed E-state index contributed by atoms with van der Waals surface area (Å²) in [6.07, 6.45) is 4.37. The zero-order valence-corrected chi connectivity index (χ0v) is 13.6. The van der Waals surface area contributed by atoms with E-state index in [4.69, 9.17) is 9.57 Å². The standard InChI is InChI=1S/C17H25NO3/c1-10-11(2)16-14(12(3)15(10)19)13(18(4)20-5)9-17(21-16)7-6-8-17/h13,19H,6-9H2,1-5H3. The first-order valence-corrected chi connectivity index (χ1v) is 7.69. The monoisotopic (exact) mass is 291 g/mol. The van der Waals surface area contributed by atoms with Crippen LogP contribution in [0.3, 0.4) is 0 Å². The summed E-state index contributed by atoms with van der Waals surface area (Å²) in [6, 6.07) is 0.129. The van der Waals surface area contributed by atoms with Gasteiger partial charge in [-0.25, -0.2) is 0 Å². The van der Waals surface area contributed by atoms with Crippen molar-refractivity contribution in [3.63, 3.8) is 0 Å². The summed E-state index contributed by atoms with van der Waals surface area (Å²) in [6.45, 7) is 5.96. The maximum atomic E-state index is 10.4. The van der Waals surface area contributed by atoms with Crippen LogP contribution in [-0.4, -0.2) is 29.9 Å². The van der Waals surface area contributed by atoms with Crippen molar-refractivity contribution in [3.05, 3.63) is 22.3 Å². The van der Waals surface area contributed by atoms with E-state index in [1.54, 1.807) is 7.11 Å². The molecule has 21 heavy (non-hydrogen) atoms. The summed E-state index contributed by atoms with van der Waals surface area (Å²) >= 11 is 0.